The Bertz CT molecular complexity index is 2300. The van der Waals surface area contributed by atoms with E-state index in [-0.39, 0.29) is 21.8 Å². The van der Waals surface area contributed by atoms with Crippen molar-refractivity contribution in [3.63, 3.8) is 0 Å². The first kappa shape index (κ1) is 37.7. The fourth-order valence-electron chi connectivity index (χ4n) is 5.25. The predicted octanol–water partition coefficient (Wildman–Crippen LogP) is 8.95. The van der Waals surface area contributed by atoms with Gasteiger partial charge in [-0.2, -0.15) is 0 Å². The van der Waals surface area contributed by atoms with Crippen LogP contribution in [0.1, 0.15) is 100 Å². The number of hydrogen-bond acceptors (Lipinski definition) is 8. The van der Waals surface area contributed by atoms with E-state index >= 15 is 0 Å². The molecule has 0 saturated carbocycles. The van der Waals surface area contributed by atoms with Crippen LogP contribution in [0.5, 0.6) is 0 Å². The lowest BCUT2D eigenvalue weighted by Gasteiger charge is -2.20. The van der Waals surface area contributed by atoms with Gasteiger partial charge in [-0.15, -0.1) is 0 Å². The monoisotopic (exact) mass is 700 g/mol. The number of rotatable bonds is 0. The van der Waals surface area contributed by atoms with Gasteiger partial charge in [-0.25, -0.2) is 39.9 Å². The lowest BCUT2D eigenvalue weighted by Crippen LogP contribution is -2.20. The first-order valence-corrected chi connectivity index (χ1v) is 17.5. The number of aromatic amines is 3. The van der Waals surface area contributed by atoms with Crippen molar-refractivity contribution < 1.29 is 0 Å². The number of hydrogen-bond donors (Lipinski definition) is 3. The topological polar surface area (TPSA) is 155 Å². The second-order valence-corrected chi connectivity index (χ2v) is 16.8. The largest absolute Gasteiger partial charge is 0.343 e. The molecule has 0 aromatic carbocycles. The molecule has 8 rings (SSSR count). The number of imidazole rings is 4. The second-order valence-electron chi connectivity index (χ2n) is 16.8. The van der Waals surface area contributed by atoms with Gasteiger partial charge in [0.05, 0.1) is 35.5 Å². The Labute approximate surface area is 305 Å². The molecule has 8 aromatic rings. The molecule has 0 atom stereocenters. The van der Waals surface area contributed by atoms with Gasteiger partial charge in [0.25, 0.3) is 0 Å². The Morgan fingerprint density at radius 3 is 1.87 bits per heavy atom. The summed E-state index contributed by atoms with van der Waals surface area (Å²) < 4.78 is 2.09. The van der Waals surface area contributed by atoms with Crippen LogP contribution in [0.15, 0.2) is 80.0 Å². The first-order valence-electron chi connectivity index (χ1n) is 17.5. The highest BCUT2D eigenvalue weighted by Crippen LogP contribution is 2.27. The van der Waals surface area contributed by atoms with Gasteiger partial charge >= 0.3 is 0 Å². The third-order valence-electron chi connectivity index (χ3n) is 8.18. The van der Waals surface area contributed by atoms with Crippen LogP contribution < -0.4 is 0 Å². The van der Waals surface area contributed by atoms with Gasteiger partial charge in [-0.3, -0.25) is 0 Å². The molecule has 0 saturated heterocycles. The fourth-order valence-corrected chi connectivity index (χ4v) is 5.25. The SMILES string of the molecule is CC(C)(C)c1ccc2[nH]cnc2n1.CC(C)(C)c1ccnc2nc[nH]c12.CC(C)(C)c1nc2ncccc2[nH]1.CC(C)(C)n1cnc2cccnc21. The van der Waals surface area contributed by atoms with Crippen molar-refractivity contribution in [1.29, 1.82) is 0 Å². The minimum atomic E-state index is 0.0447. The zero-order valence-electron chi connectivity index (χ0n) is 32.5. The molecule has 0 fully saturated rings. The number of nitrogens with zero attached hydrogens (tertiary/aromatic N) is 9. The molecule has 8 aromatic heterocycles. The third-order valence-corrected chi connectivity index (χ3v) is 8.18. The molecule has 0 amide bonds. The highest BCUT2D eigenvalue weighted by Gasteiger charge is 2.20. The smallest absolute Gasteiger partial charge is 0.177 e. The van der Waals surface area contributed by atoms with E-state index in [1.54, 1.807) is 25.0 Å². The van der Waals surface area contributed by atoms with Gasteiger partial charge in [0.2, 0.25) is 0 Å². The Morgan fingerprint density at radius 2 is 1.19 bits per heavy atom. The molecule has 12 nitrogen and oxygen atoms in total. The number of H-pyrrole nitrogens is 3. The van der Waals surface area contributed by atoms with Crippen LogP contribution in [0.4, 0.5) is 0 Å². The Balaban J connectivity index is 0.000000134. The van der Waals surface area contributed by atoms with Crippen LogP contribution >= 0.6 is 0 Å². The van der Waals surface area contributed by atoms with Gasteiger partial charge in [-0.1, -0.05) is 62.3 Å². The summed E-state index contributed by atoms with van der Waals surface area (Å²) in [6.45, 7) is 25.8. The van der Waals surface area contributed by atoms with Crippen LogP contribution in [-0.2, 0) is 21.8 Å². The van der Waals surface area contributed by atoms with Crippen molar-refractivity contribution in [1.82, 2.24) is 59.4 Å². The van der Waals surface area contributed by atoms with E-state index in [0.717, 1.165) is 56.2 Å². The fraction of sp³-hybridized carbons (Fsp3) is 0.400. The zero-order chi connectivity index (χ0) is 37.9. The summed E-state index contributed by atoms with van der Waals surface area (Å²) in [4.78, 5) is 43.5. The van der Waals surface area contributed by atoms with Crippen LogP contribution in [0.3, 0.4) is 0 Å². The van der Waals surface area contributed by atoms with E-state index in [0.29, 0.717) is 0 Å². The molecule has 12 heteroatoms. The molecule has 0 bridgehead atoms. The van der Waals surface area contributed by atoms with Crippen molar-refractivity contribution in [2.45, 2.75) is 105 Å². The number of fused-ring (bicyclic) bond motifs is 4. The predicted molar refractivity (Wildman–Crippen MR) is 210 cm³/mol. The molecule has 0 spiro atoms. The van der Waals surface area contributed by atoms with E-state index in [2.05, 4.69) is 142 Å². The van der Waals surface area contributed by atoms with Crippen LogP contribution in [0.2, 0.25) is 0 Å². The maximum atomic E-state index is 4.46. The summed E-state index contributed by atoms with van der Waals surface area (Å²) in [5, 5.41) is 0. The van der Waals surface area contributed by atoms with Crippen LogP contribution in [-0.4, -0.2) is 59.4 Å². The van der Waals surface area contributed by atoms with Crippen molar-refractivity contribution in [3.8, 4) is 0 Å². The van der Waals surface area contributed by atoms with Crippen LogP contribution in [0, 0.1) is 0 Å². The number of nitrogens with one attached hydrogen (secondary N) is 3. The molecule has 272 valence electrons. The third kappa shape index (κ3) is 9.03. The molecule has 0 radical (unpaired) electrons. The van der Waals surface area contributed by atoms with Crippen molar-refractivity contribution >= 4 is 44.7 Å². The zero-order valence-corrected chi connectivity index (χ0v) is 32.5. The Kier molecular flexibility index (Phi) is 10.6. The van der Waals surface area contributed by atoms with Gasteiger partial charge in [-0.05, 0) is 74.2 Å². The van der Waals surface area contributed by atoms with E-state index in [1.807, 2.05) is 55.0 Å². The molecular weight excluding hydrogens is 649 g/mol. The summed E-state index contributed by atoms with van der Waals surface area (Å²) in [5.41, 5.74) is 10.0. The van der Waals surface area contributed by atoms with E-state index in [4.69, 9.17) is 0 Å². The van der Waals surface area contributed by atoms with Gasteiger partial charge < -0.3 is 19.5 Å². The van der Waals surface area contributed by atoms with Crippen molar-refractivity contribution in [2.75, 3.05) is 0 Å². The molecule has 52 heavy (non-hydrogen) atoms. The summed E-state index contributed by atoms with van der Waals surface area (Å²) in [6.07, 6.45) is 10.6. The van der Waals surface area contributed by atoms with E-state index in [1.165, 1.54) is 5.56 Å². The summed E-state index contributed by atoms with van der Waals surface area (Å²) in [5.74, 6) is 0.987. The molecule has 0 aliphatic rings. The van der Waals surface area contributed by atoms with E-state index < -0.39 is 0 Å². The number of aromatic nitrogens is 12. The highest BCUT2D eigenvalue weighted by atomic mass is 15.1. The van der Waals surface area contributed by atoms with Crippen molar-refractivity contribution in [2.24, 2.45) is 0 Å². The number of pyridine rings is 4. The molecular formula is C40H52N12. The quantitative estimate of drug-likeness (QED) is 0.142. The first-order chi connectivity index (χ1) is 24.3. The normalized spacial score (nSPS) is 12.2. The second kappa shape index (κ2) is 14.6. The average molecular weight is 701 g/mol. The van der Waals surface area contributed by atoms with Gasteiger partial charge in [0.15, 0.2) is 22.6 Å². The average Bonchev–Trinajstić information content (AvgIpc) is 3.89. The van der Waals surface area contributed by atoms with Gasteiger partial charge in [0.1, 0.15) is 11.3 Å². The van der Waals surface area contributed by atoms with Crippen molar-refractivity contribution in [3.05, 3.63) is 97.1 Å². The summed E-state index contributed by atoms with van der Waals surface area (Å²) >= 11 is 0. The molecule has 0 unspecified atom stereocenters. The molecule has 8 heterocycles. The minimum absolute atomic E-state index is 0.0447. The highest BCUT2D eigenvalue weighted by molar-refractivity contribution is 5.75. The molecule has 3 N–H and O–H groups in total. The maximum Gasteiger partial charge on any atom is 0.177 e. The van der Waals surface area contributed by atoms with Crippen LogP contribution in [0.25, 0.3) is 44.7 Å². The minimum Gasteiger partial charge on any atom is -0.343 e. The summed E-state index contributed by atoms with van der Waals surface area (Å²) in [6, 6.07) is 13.9. The maximum absolute atomic E-state index is 4.46. The Hall–Kier alpha value is -5.52. The molecule has 0 aliphatic heterocycles. The van der Waals surface area contributed by atoms with E-state index in [9.17, 15) is 0 Å². The van der Waals surface area contributed by atoms with Gasteiger partial charge in [0, 0.05) is 40.7 Å². The Morgan fingerprint density at radius 1 is 0.538 bits per heavy atom. The molecule has 0 aliphatic carbocycles. The lowest BCUT2D eigenvalue weighted by molar-refractivity contribution is 0.406. The lowest BCUT2D eigenvalue weighted by atomic mass is 9.87. The standard InChI is InChI=1S/4C10H13N3/c1-10(2,3)7-4-5-11-9-8(7)12-6-13-9;1-10(2,3)8-5-4-7-9(13-8)12-6-11-7;1-10(2,3)13-7-12-8-5-4-6-11-9(8)13;1-10(2,3)9-12-7-5-4-6-11-8(7)13-9/h2*4-6H,1-3H3,(H,11,12,13);4-7H,1-3H3;4-6H,1-3H3,(H,11,12,13). The summed E-state index contributed by atoms with van der Waals surface area (Å²) in [7, 11) is 0.